The van der Waals surface area contributed by atoms with Crippen molar-refractivity contribution in [3.05, 3.63) is 36.0 Å². The van der Waals surface area contributed by atoms with Gasteiger partial charge in [0.15, 0.2) is 5.96 Å². The number of guanidine groups is 1. The first kappa shape index (κ1) is 16.1. The molecule has 0 radical (unpaired) electrons. The molecule has 1 heterocycles. The molecule has 1 aliphatic rings. The number of aromatic nitrogens is 1. The van der Waals surface area contributed by atoms with E-state index in [4.69, 9.17) is 0 Å². The number of nitrogens with zero attached hydrogens (tertiary/aromatic N) is 1. The van der Waals surface area contributed by atoms with Gasteiger partial charge in [-0.05, 0) is 30.4 Å². The largest absolute Gasteiger partial charge is 0.357 e. The molecule has 3 rings (SSSR count). The highest BCUT2D eigenvalue weighted by Crippen LogP contribution is 2.17. The van der Waals surface area contributed by atoms with Crippen molar-refractivity contribution in [3.63, 3.8) is 0 Å². The summed E-state index contributed by atoms with van der Waals surface area (Å²) in [7, 11) is 1.83. The van der Waals surface area contributed by atoms with Gasteiger partial charge in [0, 0.05) is 24.3 Å². The number of aromatic amines is 1. The van der Waals surface area contributed by atoms with Crippen LogP contribution in [-0.2, 0) is 6.54 Å². The molecule has 0 spiro atoms. The van der Waals surface area contributed by atoms with Gasteiger partial charge < -0.3 is 15.6 Å². The number of hydrogen-bond acceptors (Lipinski definition) is 1. The van der Waals surface area contributed by atoms with Crippen molar-refractivity contribution in [2.45, 2.75) is 38.3 Å². The average Bonchev–Trinajstić information content (AvgIpc) is 3.12. The highest BCUT2D eigenvalue weighted by Gasteiger charge is 2.15. The van der Waals surface area contributed by atoms with Crippen molar-refractivity contribution in [1.29, 1.82) is 0 Å². The molecule has 1 aromatic carbocycles. The fraction of sp³-hybridized carbons (Fsp3) is 0.438. The molecule has 3 N–H and O–H groups in total. The molecule has 114 valence electrons. The number of para-hydroxylation sites is 1. The van der Waals surface area contributed by atoms with Gasteiger partial charge in [-0.2, -0.15) is 0 Å². The van der Waals surface area contributed by atoms with Crippen LogP contribution in [0, 0.1) is 0 Å². The molecule has 0 bridgehead atoms. The second kappa shape index (κ2) is 7.68. The SMILES string of the molecule is CN=C(NCc1cc2ccccc2[nH]1)NC1CCCC1.I. The lowest BCUT2D eigenvalue weighted by molar-refractivity contribution is 0.613. The summed E-state index contributed by atoms with van der Waals surface area (Å²) in [5, 5.41) is 8.13. The van der Waals surface area contributed by atoms with Gasteiger partial charge in [0.1, 0.15) is 0 Å². The Labute approximate surface area is 142 Å². The molecule has 0 saturated heterocycles. The zero-order valence-corrected chi connectivity index (χ0v) is 14.7. The van der Waals surface area contributed by atoms with Crippen molar-refractivity contribution in [2.75, 3.05) is 7.05 Å². The van der Waals surface area contributed by atoms with Crippen molar-refractivity contribution < 1.29 is 0 Å². The highest BCUT2D eigenvalue weighted by molar-refractivity contribution is 14.0. The fourth-order valence-electron chi connectivity index (χ4n) is 2.87. The van der Waals surface area contributed by atoms with E-state index in [0.29, 0.717) is 6.04 Å². The number of aliphatic imine (C=N–C) groups is 1. The summed E-state index contributed by atoms with van der Waals surface area (Å²) in [4.78, 5) is 7.72. The molecule has 21 heavy (non-hydrogen) atoms. The van der Waals surface area contributed by atoms with Gasteiger partial charge >= 0.3 is 0 Å². The van der Waals surface area contributed by atoms with Crippen molar-refractivity contribution >= 4 is 40.8 Å². The predicted molar refractivity (Wildman–Crippen MR) is 99.3 cm³/mol. The molecule has 0 atom stereocenters. The van der Waals surface area contributed by atoms with Crippen LogP contribution < -0.4 is 10.6 Å². The van der Waals surface area contributed by atoms with Crippen molar-refractivity contribution in [2.24, 2.45) is 4.99 Å². The van der Waals surface area contributed by atoms with Crippen LogP contribution in [-0.4, -0.2) is 24.0 Å². The number of H-pyrrole nitrogens is 1. The molecular weight excluding hydrogens is 375 g/mol. The van der Waals surface area contributed by atoms with Gasteiger partial charge in [0.05, 0.1) is 6.54 Å². The molecule has 1 aromatic heterocycles. The first-order valence-electron chi connectivity index (χ1n) is 7.39. The zero-order valence-electron chi connectivity index (χ0n) is 12.4. The fourth-order valence-corrected chi connectivity index (χ4v) is 2.87. The summed E-state index contributed by atoms with van der Waals surface area (Å²) in [6, 6.07) is 11.1. The maximum absolute atomic E-state index is 4.30. The van der Waals surface area contributed by atoms with E-state index < -0.39 is 0 Å². The molecule has 0 amide bonds. The van der Waals surface area contributed by atoms with Crippen LogP contribution in [0.2, 0.25) is 0 Å². The number of nitrogens with one attached hydrogen (secondary N) is 3. The van der Waals surface area contributed by atoms with Gasteiger partial charge in [-0.25, -0.2) is 0 Å². The molecule has 1 fully saturated rings. The topological polar surface area (TPSA) is 52.2 Å². The first-order valence-corrected chi connectivity index (χ1v) is 7.39. The van der Waals surface area contributed by atoms with E-state index in [2.05, 4.69) is 50.9 Å². The van der Waals surface area contributed by atoms with Gasteiger partial charge in [0.25, 0.3) is 0 Å². The lowest BCUT2D eigenvalue weighted by atomic mass is 10.2. The minimum atomic E-state index is 0. The minimum Gasteiger partial charge on any atom is -0.357 e. The van der Waals surface area contributed by atoms with Gasteiger partial charge in [-0.3, -0.25) is 4.99 Å². The highest BCUT2D eigenvalue weighted by atomic mass is 127. The smallest absolute Gasteiger partial charge is 0.191 e. The van der Waals surface area contributed by atoms with Crippen LogP contribution in [0.4, 0.5) is 0 Å². The Morgan fingerprint density at radius 3 is 2.76 bits per heavy atom. The molecule has 4 nitrogen and oxygen atoms in total. The average molecular weight is 398 g/mol. The third-order valence-electron chi connectivity index (χ3n) is 3.95. The lowest BCUT2D eigenvalue weighted by Gasteiger charge is -2.16. The minimum absolute atomic E-state index is 0. The number of halogens is 1. The van der Waals surface area contributed by atoms with E-state index >= 15 is 0 Å². The molecule has 1 saturated carbocycles. The lowest BCUT2D eigenvalue weighted by Crippen LogP contribution is -2.41. The quantitative estimate of drug-likeness (QED) is 0.422. The third-order valence-corrected chi connectivity index (χ3v) is 3.95. The number of rotatable bonds is 3. The van der Waals surface area contributed by atoms with Crippen LogP contribution in [0.15, 0.2) is 35.3 Å². The van der Waals surface area contributed by atoms with Crippen LogP contribution in [0.3, 0.4) is 0 Å². The summed E-state index contributed by atoms with van der Waals surface area (Å²) >= 11 is 0. The zero-order chi connectivity index (χ0) is 13.8. The Morgan fingerprint density at radius 1 is 1.29 bits per heavy atom. The summed E-state index contributed by atoms with van der Waals surface area (Å²) in [5.41, 5.74) is 2.36. The van der Waals surface area contributed by atoms with Crippen LogP contribution in [0.25, 0.3) is 10.9 Å². The normalized spacial score (nSPS) is 16.0. The molecule has 0 unspecified atom stereocenters. The summed E-state index contributed by atoms with van der Waals surface area (Å²) in [5.74, 6) is 0.899. The van der Waals surface area contributed by atoms with Crippen LogP contribution >= 0.6 is 24.0 Å². The maximum Gasteiger partial charge on any atom is 0.191 e. The Morgan fingerprint density at radius 2 is 2.05 bits per heavy atom. The summed E-state index contributed by atoms with van der Waals surface area (Å²) < 4.78 is 0. The van der Waals surface area contributed by atoms with E-state index in [9.17, 15) is 0 Å². The molecule has 0 aliphatic heterocycles. The van der Waals surface area contributed by atoms with Crippen LogP contribution in [0.1, 0.15) is 31.4 Å². The Kier molecular flexibility index (Phi) is 5.90. The van der Waals surface area contributed by atoms with E-state index in [1.807, 2.05) is 7.05 Å². The van der Waals surface area contributed by atoms with E-state index in [0.717, 1.165) is 12.5 Å². The van der Waals surface area contributed by atoms with Crippen molar-refractivity contribution in [1.82, 2.24) is 15.6 Å². The van der Waals surface area contributed by atoms with Gasteiger partial charge in [-0.15, -0.1) is 24.0 Å². The summed E-state index contributed by atoms with van der Waals surface area (Å²) in [6.07, 6.45) is 5.17. The molecule has 1 aliphatic carbocycles. The number of fused-ring (bicyclic) bond motifs is 1. The standard InChI is InChI=1S/C16H22N4.HI/c1-17-16(20-13-7-3-4-8-13)18-11-14-10-12-6-2-5-9-15(12)19-14;/h2,5-6,9-10,13,19H,3-4,7-8,11H2,1H3,(H2,17,18,20);1H. The molecular formula is C16H23IN4. The van der Waals surface area contributed by atoms with Crippen molar-refractivity contribution in [3.8, 4) is 0 Å². The van der Waals surface area contributed by atoms with E-state index in [-0.39, 0.29) is 24.0 Å². The maximum atomic E-state index is 4.30. The van der Waals surface area contributed by atoms with Crippen LogP contribution in [0.5, 0.6) is 0 Å². The van der Waals surface area contributed by atoms with Gasteiger partial charge in [0.2, 0.25) is 0 Å². The number of hydrogen-bond donors (Lipinski definition) is 3. The number of benzene rings is 1. The van der Waals surface area contributed by atoms with Gasteiger partial charge in [-0.1, -0.05) is 31.0 Å². The first-order chi connectivity index (χ1) is 9.85. The molecule has 2 aromatic rings. The monoisotopic (exact) mass is 398 g/mol. The Bertz CT molecular complexity index is 566. The van der Waals surface area contributed by atoms with E-state index in [1.54, 1.807) is 0 Å². The molecule has 5 heteroatoms. The second-order valence-electron chi connectivity index (χ2n) is 5.43. The predicted octanol–water partition coefficient (Wildman–Crippen LogP) is 3.39. The Hall–Kier alpha value is -1.24. The Balaban J connectivity index is 0.00000161. The van der Waals surface area contributed by atoms with E-state index in [1.165, 1.54) is 42.3 Å². The summed E-state index contributed by atoms with van der Waals surface area (Å²) in [6.45, 7) is 0.765. The second-order valence-corrected chi connectivity index (χ2v) is 5.43. The third kappa shape index (κ3) is 4.12.